The Hall–Kier alpha value is -0.860. The molecule has 5 nitrogen and oxygen atoms in total. The Kier molecular flexibility index (Phi) is 5.36. The number of esters is 1. The van der Waals surface area contributed by atoms with Gasteiger partial charge in [-0.15, -0.1) is 0 Å². The van der Waals surface area contributed by atoms with Crippen LogP contribution in [0.3, 0.4) is 0 Å². The van der Waals surface area contributed by atoms with Crippen LogP contribution in [0.5, 0.6) is 0 Å². The van der Waals surface area contributed by atoms with Crippen LogP contribution in [0.15, 0.2) is 0 Å². The molecule has 0 aromatic heterocycles. The van der Waals surface area contributed by atoms with E-state index in [-0.39, 0.29) is 19.7 Å². The third-order valence-corrected chi connectivity index (χ3v) is 2.91. The topological polar surface area (TPSA) is 64.8 Å². The predicted octanol–water partition coefficient (Wildman–Crippen LogP) is -0.00260. The smallest absolute Gasteiger partial charge is 0.394 e. The first kappa shape index (κ1) is 15.2. The van der Waals surface area contributed by atoms with E-state index in [0.29, 0.717) is 6.61 Å². The number of halogens is 3. The third kappa shape index (κ3) is 3.82. The van der Waals surface area contributed by atoms with E-state index >= 15 is 0 Å². The van der Waals surface area contributed by atoms with Gasteiger partial charge in [-0.25, -0.2) is 0 Å². The maximum Gasteiger partial charge on any atom is 0.394 e. The van der Waals surface area contributed by atoms with Crippen molar-refractivity contribution in [1.29, 1.82) is 0 Å². The van der Waals surface area contributed by atoms with Crippen molar-refractivity contribution in [2.24, 2.45) is 11.7 Å². The molecule has 2 atom stereocenters. The van der Waals surface area contributed by atoms with Gasteiger partial charge >= 0.3 is 12.1 Å². The van der Waals surface area contributed by atoms with Gasteiger partial charge in [-0.05, 0) is 0 Å². The molecule has 0 aromatic rings. The van der Waals surface area contributed by atoms with Gasteiger partial charge in [-0.1, -0.05) is 0 Å². The fraction of sp³-hybridized carbons (Fsp3) is 0.900. The highest BCUT2D eigenvalue weighted by atomic mass is 19.4. The van der Waals surface area contributed by atoms with E-state index < -0.39 is 30.7 Å². The zero-order valence-electron chi connectivity index (χ0n) is 10.1. The number of hydrogen-bond acceptors (Lipinski definition) is 5. The zero-order valence-corrected chi connectivity index (χ0v) is 10.1. The Bertz CT molecular complexity index is 286. The molecule has 0 radical (unpaired) electrons. The summed E-state index contributed by atoms with van der Waals surface area (Å²) < 4.78 is 47.5. The summed E-state index contributed by atoms with van der Waals surface area (Å²) in [6.07, 6.45) is -4.37. The van der Waals surface area contributed by atoms with Gasteiger partial charge in [0, 0.05) is 19.6 Å². The molecule has 0 spiro atoms. The highest BCUT2D eigenvalue weighted by Crippen LogP contribution is 2.27. The highest BCUT2D eigenvalue weighted by Gasteiger charge is 2.42. The van der Waals surface area contributed by atoms with Gasteiger partial charge in [-0.3, -0.25) is 9.69 Å². The normalized spacial score (nSPS) is 23.7. The number of carbonyl (C=O) groups is 1. The predicted molar refractivity (Wildman–Crippen MR) is 56.8 cm³/mol. The van der Waals surface area contributed by atoms with Gasteiger partial charge in [0.2, 0.25) is 0 Å². The van der Waals surface area contributed by atoms with E-state index in [1.54, 1.807) is 0 Å². The van der Waals surface area contributed by atoms with E-state index in [4.69, 9.17) is 10.5 Å². The molecule has 2 N–H and O–H groups in total. The molecule has 0 saturated carbocycles. The van der Waals surface area contributed by atoms with Crippen LogP contribution < -0.4 is 5.73 Å². The monoisotopic (exact) mass is 270 g/mol. The van der Waals surface area contributed by atoms with Crippen LogP contribution in [-0.4, -0.2) is 63.0 Å². The van der Waals surface area contributed by atoms with Gasteiger partial charge < -0.3 is 15.2 Å². The van der Waals surface area contributed by atoms with Crippen LogP contribution in [-0.2, 0) is 14.3 Å². The minimum atomic E-state index is -4.37. The van der Waals surface area contributed by atoms with Crippen molar-refractivity contribution in [3.63, 3.8) is 0 Å². The van der Waals surface area contributed by atoms with Crippen LogP contribution in [0, 0.1) is 5.92 Å². The minimum Gasteiger partial charge on any atom is -0.468 e. The van der Waals surface area contributed by atoms with Crippen molar-refractivity contribution in [2.75, 3.05) is 40.0 Å². The molecule has 1 aliphatic rings. The number of morpholine rings is 1. The molecule has 106 valence electrons. The third-order valence-electron chi connectivity index (χ3n) is 2.91. The lowest BCUT2D eigenvalue weighted by Crippen LogP contribution is -2.54. The standard InChI is InChI=1S/C10H17F3N2O3/c1-17-9(16)8-6-18-3-2-15(8)5-7(4-14)10(11,12)13/h7-8H,2-6,14H2,1H3. The molecule has 0 bridgehead atoms. The molecule has 1 aliphatic heterocycles. The summed E-state index contributed by atoms with van der Waals surface area (Å²) in [4.78, 5) is 12.9. The van der Waals surface area contributed by atoms with Gasteiger partial charge in [-0.2, -0.15) is 13.2 Å². The Morgan fingerprint density at radius 3 is 2.78 bits per heavy atom. The van der Waals surface area contributed by atoms with Crippen molar-refractivity contribution in [2.45, 2.75) is 12.2 Å². The lowest BCUT2D eigenvalue weighted by Gasteiger charge is -2.36. The molecule has 8 heteroatoms. The zero-order chi connectivity index (χ0) is 13.8. The summed E-state index contributed by atoms with van der Waals surface area (Å²) in [7, 11) is 1.19. The Balaban J connectivity index is 2.69. The van der Waals surface area contributed by atoms with E-state index in [1.807, 2.05) is 0 Å². The summed E-state index contributed by atoms with van der Waals surface area (Å²) in [6, 6.07) is -0.792. The summed E-state index contributed by atoms with van der Waals surface area (Å²) >= 11 is 0. The molecule has 1 rings (SSSR count). The van der Waals surface area contributed by atoms with Crippen molar-refractivity contribution in [3.8, 4) is 0 Å². The average molecular weight is 270 g/mol. The van der Waals surface area contributed by atoms with E-state index in [2.05, 4.69) is 4.74 Å². The number of carbonyl (C=O) groups excluding carboxylic acids is 1. The Labute approximate surface area is 103 Å². The minimum absolute atomic E-state index is 0.0435. The van der Waals surface area contributed by atoms with Crippen LogP contribution >= 0.6 is 0 Å². The fourth-order valence-corrected chi connectivity index (χ4v) is 1.80. The second kappa shape index (κ2) is 6.35. The lowest BCUT2D eigenvalue weighted by molar-refractivity contribution is -0.184. The van der Waals surface area contributed by atoms with Crippen molar-refractivity contribution >= 4 is 5.97 Å². The average Bonchev–Trinajstić information content (AvgIpc) is 2.34. The molecule has 0 amide bonds. The number of rotatable bonds is 4. The van der Waals surface area contributed by atoms with Crippen LogP contribution in [0.4, 0.5) is 13.2 Å². The number of nitrogens with two attached hydrogens (primary N) is 1. The van der Waals surface area contributed by atoms with Crippen molar-refractivity contribution in [3.05, 3.63) is 0 Å². The second-order valence-electron chi connectivity index (χ2n) is 4.08. The Morgan fingerprint density at radius 2 is 2.28 bits per heavy atom. The summed E-state index contributed by atoms with van der Waals surface area (Å²) in [5, 5.41) is 0. The van der Waals surface area contributed by atoms with Gasteiger partial charge in [0.15, 0.2) is 0 Å². The van der Waals surface area contributed by atoms with E-state index in [9.17, 15) is 18.0 Å². The molecule has 0 aliphatic carbocycles. The summed E-state index contributed by atoms with van der Waals surface area (Å²) in [5.74, 6) is -2.24. The molecular weight excluding hydrogens is 253 g/mol. The molecule has 0 aromatic carbocycles. The van der Waals surface area contributed by atoms with E-state index in [1.165, 1.54) is 12.0 Å². The maximum atomic E-state index is 12.6. The van der Waals surface area contributed by atoms with Crippen LogP contribution in [0.25, 0.3) is 0 Å². The second-order valence-corrected chi connectivity index (χ2v) is 4.08. The molecule has 18 heavy (non-hydrogen) atoms. The highest BCUT2D eigenvalue weighted by molar-refractivity contribution is 5.75. The van der Waals surface area contributed by atoms with Gasteiger partial charge in [0.05, 0.1) is 26.2 Å². The maximum absolute atomic E-state index is 12.6. The molecule has 1 heterocycles. The largest absolute Gasteiger partial charge is 0.468 e. The molecule has 1 saturated heterocycles. The number of methoxy groups -OCH3 is 1. The molecular formula is C10H17F3N2O3. The number of hydrogen-bond donors (Lipinski definition) is 1. The fourth-order valence-electron chi connectivity index (χ4n) is 1.80. The molecule has 1 fully saturated rings. The van der Waals surface area contributed by atoms with Crippen molar-refractivity contribution < 1.29 is 27.4 Å². The first-order chi connectivity index (χ1) is 8.40. The van der Waals surface area contributed by atoms with Crippen LogP contribution in [0.2, 0.25) is 0 Å². The molecule has 2 unspecified atom stereocenters. The number of nitrogens with zero attached hydrogens (tertiary/aromatic N) is 1. The Morgan fingerprint density at radius 1 is 1.61 bits per heavy atom. The SMILES string of the molecule is COC(=O)C1COCCN1CC(CN)C(F)(F)F. The summed E-state index contributed by atoms with van der Waals surface area (Å²) in [5.41, 5.74) is 5.14. The van der Waals surface area contributed by atoms with E-state index in [0.717, 1.165) is 0 Å². The number of ether oxygens (including phenoxy) is 2. The first-order valence-electron chi connectivity index (χ1n) is 5.56. The lowest BCUT2D eigenvalue weighted by atomic mass is 10.1. The van der Waals surface area contributed by atoms with Gasteiger partial charge in [0.25, 0.3) is 0 Å². The number of alkyl halides is 3. The van der Waals surface area contributed by atoms with Gasteiger partial charge in [0.1, 0.15) is 6.04 Å². The quantitative estimate of drug-likeness (QED) is 0.728. The van der Waals surface area contributed by atoms with Crippen LogP contribution in [0.1, 0.15) is 0 Å². The van der Waals surface area contributed by atoms with Crippen molar-refractivity contribution in [1.82, 2.24) is 4.90 Å². The first-order valence-corrected chi connectivity index (χ1v) is 5.56. The summed E-state index contributed by atoms with van der Waals surface area (Å²) in [6.45, 7) is -0.227.